The second-order valence-electron chi connectivity index (χ2n) is 6.53. The molecule has 3 rings (SSSR count). The molecule has 1 heterocycles. The lowest BCUT2D eigenvalue weighted by Crippen LogP contribution is -2.56. The van der Waals surface area contributed by atoms with Crippen LogP contribution in [-0.4, -0.2) is 28.1 Å². The van der Waals surface area contributed by atoms with Gasteiger partial charge in [-0.25, -0.2) is 0 Å². The molecule has 2 atom stereocenters. The summed E-state index contributed by atoms with van der Waals surface area (Å²) < 4.78 is 0. The molecule has 1 saturated carbocycles. The summed E-state index contributed by atoms with van der Waals surface area (Å²) in [6.07, 6.45) is 4.37. The van der Waals surface area contributed by atoms with Crippen LogP contribution in [-0.2, 0) is 11.3 Å². The van der Waals surface area contributed by atoms with E-state index in [9.17, 15) is 9.90 Å². The van der Waals surface area contributed by atoms with Gasteiger partial charge in [-0.1, -0.05) is 30.3 Å². The third-order valence-electron chi connectivity index (χ3n) is 5.24. The number of hydrogen-bond donors (Lipinski definition) is 1. The highest BCUT2D eigenvalue weighted by molar-refractivity contribution is 5.85. The Morgan fingerprint density at radius 2 is 1.85 bits per heavy atom. The average Bonchev–Trinajstić information content (AvgIpc) is 2.72. The molecule has 1 aliphatic carbocycles. The summed E-state index contributed by atoms with van der Waals surface area (Å²) in [4.78, 5) is 14.9. The van der Waals surface area contributed by atoms with E-state index in [-0.39, 0.29) is 5.91 Å². The van der Waals surface area contributed by atoms with Crippen molar-refractivity contribution in [3.8, 4) is 0 Å². The predicted molar refractivity (Wildman–Crippen MR) is 78.0 cm³/mol. The Morgan fingerprint density at radius 1 is 1.15 bits per heavy atom. The van der Waals surface area contributed by atoms with Crippen molar-refractivity contribution in [2.24, 2.45) is 5.41 Å². The molecule has 1 aliphatic heterocycles. The van der Waals surface area contributed by atoms with Crippen LogP contribution in [0.4, 0.5) is 0 Å². The fourth-order valence-electron chi connectivity index (χ4n) is 4.01. The van der Waals surface area contributed by atoms with Crippen molar-refractivity contribution in [2.75, 3.05) is 6.54 Å². The lowest BCUT2D eigenvalue weighted by molar-refractivity contribution is -0.163. The third-order valence-corrected chi connectivity index (χ3v) is 5.24. The van der Waals surface area contributed by atoms with Crippen molar-refractivity contribution >= 4 is 5.91 Å². The van der Waals surface area contributed by atoms with Gasteiger partial charge >= 0.3 is 0 Å². The number of hydrogen-bond acceptors (Lipinski definition) is 2. The molecule has 1 N–H and O–H groups in total. The minimum atomic E-state index is -0.834. The summed E-state index contributed by atoms with van der Waals surface area (Å²) in [5.41, 5.74) is -0.199. The fraction of sp³-hybridized carbons (Fsp3) is 0.588. The highest BCUT2D eigenvalue weighted by Crippen LogP contribution is 2.52. The van der Waals surface area contributed by atoms with E-state index in [1.807, 2.05) is 30.0 Å². The van der Waals surface area contributed by atoms with E-state index < -0.39 is 11.0 Å². The van der Waals surface area contributed by atoms with Gasteiger partial charge in [-0.05, 0) is 44.6 Å². The molecular weight excluding hydrogens is 250 g/mol. The Morgan fingerprint density at radius 3 is 2.50 bits per heavy atom. The van der Waals surface area contributed by atoms with Crippen molar-refractivity contribution in [3.63, 3.8) is 0 Å². The van der Waals surface area contributed by atoms with E-state index in [4.69, 9.17) is 0 Å². The zero-order valence-electron chi connectivity index (χ0n) is 12.1. The highest BCUT2D eigenvalue weighted by Gasteiger charge is 2.58. The van der Waals surface area contributed by atoms with E-state index in [1.54, 1.807) is 0 Å². The zero-order chi connectivity index (χ0) is 14.2. The van der Waals surface area contributed by atoms with E-state index in [0.717, 1.165) is 44.2 Å². The summed E-state index contributed by atoms with van der Waals surface area (Å²) in [7, 11) is 0. The standard InChI is InChI=1S/C17H23NO2/c1-16(20)9-5-10-17(16)11-6-12-18(15(17)19)13-14-7-3-2-4-8-14/h2-4,7-8,20H,5-6,9-13H2,1H3/t16-,17+/m1/s1. The number of nitrogens with zero attached hydrogens (tertiary/aromatic N) is 1. The lowest BCUT2D eigenvalue weighted by Gasteiger charge is -2.46. The largest absolute Gasteiger partial charge is 0.389 e. The Hall–Kier alpha value is -1.35. The molecule has 1 amide bonds. The Kier molecular flexibility index (Phi) is 3.33. The molecule has 1 aromatic carbocycles. The van der Waals surface area contributed by atoms with Gasteiger partial charge in [0.05, 0.1) is 11.0 Å². The van der Waals surface area contributed by atoms with Gasteiger partial charge in [0, 0.05) is 13.1 Å². The van der Waals surface area contributed by atoms with Gasteiger partial charge in [-0.3, -0.25) is 4.79 Å². The number of carbonyl (C=O) groups is 1. The first-order valence-corrected chi connectivity index (χ1v) is 7.61. The Bertz CT molecular complexity index is 497. The summed E-state index contributed by atoms with van der Waals surface area (Å²) in [6.45, 7) is 3.33. The maximum Gasteiger partial charge on any atom is 0.231 e. The number of piperidine rings is 1. The van der Waals surface area contributed by atoms with Crippen LogP contribution in [0.5, 0.6) is 0 Å². The van der Waals surface area contributed by atoms with Crippen LogP contribution in [0.2, 0.25) is 0 Å². The third kappa shape index (κ3) is 2.05. The molecular formula is C17H23NO2. The monoisotopic (exact) mass is 273 g/mol. The molecule has 2 fully saturated rings. The van der Waals surface area contributed by atoms with E-state index in [2.05, 4.69) is 12.1 Å². The molecule has 1 aromatic rings. The van der Waals surface area contributed by atoms with E-state index in [0.29, 0.717) is 6.54 Å². The van der Waals surface area contributed by atoms with E-state index >= 15 is 0 Å². The van der Waals surface area contributed by atoms with Crippen LogP contribution in [0, 0.1) is 5.41 Å². The van der Waals surface area contributed by atoms with Gasteiger partial charge < -0.3 is 10.0 Å². The number of rotatable bonds is 2. The molecule has 0 unspecified atom stereocenters. The molecule has 20 heavy (non-hydrogen) atoms. The van der Waals surface area contributed by atoms with Crippen LogP contribution >= 0.6 is 0 Å². The minimum Gasteiger partial charge on any atom is -0.389 e. The first-order chi connectivity index (χ1) is 9.55. The van der Waals surface area contributed by atoms with Gasteiger partial charge in [0.2, 0.25) is 5.91 Å². The van der Waals surface area contributed by atoms with Crippen LogP contribution in [0.25, 0.3) is 0 Å². The maximum absolute atomic E-state index is 12.9. The molecule has 3 heteroatoms. The topological polar surface area (TPSA) is 40.5 Å². The zero-order valence-corrected chi connectivity index (χ0v) is 12.1. The molecule has 1 saturated heterocycles. The Labute approximate surface area is 120 Å². The molecule has 2 aliphatic rings. The van der Waals surface area contributed by atoms with Crippen molar-refractivity contribution in [1.29, 1.82) is 0 Å². The second kappa shape index (κ2) is 4.88. The van der Waals surface area contributed by atoms with Crippen LogP contribution in [0.15, 0.2) is 30.3 Å². The van der Waals surface area contributed by atoms with Crippen LogP contribution < -0.4 is 0 Å². The number of amides is 1. The summed E-state index contributed by atoms with van der Waals surface area (Å²) >= 11 is 0. The van der Waals surface area contributed by atoms with Gasteiger partial charge in [-0.2, -0.15) is 0 Å². The number of carbonyl (C=O) groups excluding carboxylic acids is 1. The molecule has 1 spiro atoms. The lowest BCUT2D eigenvalue weighted by atomic mass is 9.69. The van der Waals surface area contributed by atoms with Crippen LogP contribution in [0.1, 0.15) is 44.6 Å². The van der Waals surface area contributed by atoms with E-state index in [1.165, 1.54) is 0 Å². The number of likely N-dealkylation sites (tertiary alicyclic amines) is 1. The molecule has 0 aromatic heterocycles. The molecule has 0 radical (unpaired) electrons. The highest BCUT2D eigenvalue weighted by atomic mass is 16.3. The average molecular weight is 273 g/mol. The normalized spacial score (nSPS) is 33.9. The van der Waals surface area contributed by atoms with Gasteiger partial charge in [-0.15, -0.1) is 0 Å². The first-order valence-electron chi connectivity index (χ1n) is 7.61. The minimum absolute atomic E-state index is 0.162. The quantitative estimate of drug-likeness (QED) is 0.900. The summed E-state index contributed by atoms with van der Waals surface area (Å²) in [5.74, 6) is 0.162. The second-order valence-corrected chi connectivity index (χ2v) is 6.53. The Balaban J connectivity index is 1.82. The molecule has 108 valence electrons. The van der Waals surface area contributed by atoms with Gasteiger partial charge in [0.25, 0.3) is 0 Å². The summed E-state index contributed by atoms with van der Waals surface area (Å²) in [6, 6.07) is 10.1. The van der Waals surface area contributed by atoms with Crippen LogP contribution in [0.3, 0.4) is 0 Å². The number of benzene rings is 1. The van der Waals surface area contributed by atoms with Crippen molar-refractivity contribution in [3.05, 3.63) is 35.9 Å². The van der Waals surface area contributed by atoms with Crippen molar-refractivity contribution in [1.82, 2.24) is 4.90 Å². The van der Waals surface area contributed by atoms with Crippen molar-refractivity contribution in [2.45, 2.75) is 51.2 Å². The number of aliphatic hydroxyl groups is 1. The molecule has 3 nitrogen and oxygen atoms in total. The predicted octanol–water partition coefficient (Wildman–Crippen LogP) is 2.73. The summed E-state index contributed by atoms with van der Waals surface area (Å²) in [5, 5.41) is 10.7. The van der Waals surface area contributed by atoms with Gasteiger partial charge in [0.15, 0.2) is 0 Å². The smallest absolute Gasteiger partial charge is 0.231 e. The van der Waals surface area contributed by atoms with Crippen molar-refractivity contribution < 1.29 is 9.90 Å². The fourth-order valence-corrected chi connectivity index (χ4v) is 4.01. The van der Waals surface area contributed by atoms with Gasteiger partial charge in [0.1, 0.15) is 0 Å². The molecule has 0 bridgehead atoms. The first kappa shape index (κ1) is 13.6. The maximum atomic E-state index is 12.9. The SMILES string of the molecule is C[C@@]1(O)CCC[C@@]12CCCN(Cc1ccccc1)C2=O.